The molecule has 0 unspecified atom stereocenters. The summed E-state index contributed by atoms with van der Waals surface area (Å²) in [5.41, 5.74) is 1.50. The number of sulfonamides is 1. The minimum Gasteiger partial charge on any atom is -0.266 e. The van der Waals surface area contributed by atoms with E-state index in [1.54, 1.807) is 6.07 Å². The quantitative estimate of drug-likeness (QED) is 0.564. The smallest absolute Gasteiger partial charge is 0.266 e. The highest BCUT2D eigenvalue weighted by Crippen LogP contribution is 2.38. The van der Waals surface area contributed by atoms with Crippen LogP contribution in [0.25, 0.3) is 0 Å². The summed E-state index contributed by atoms with van der Waals surface area (Å²) in [5.74, 6) is 0.288. The molecule has 0 N–H and O–H groups in total. The van der Waals surface area contributed by atoms with Gasteiger partial charge in [-0.25, -0.2) is 8.42 Å². The van der Waals surface area contributed by atoms with Crippen LogP contribution in [0.3, 0.4) is 0 Å². The van der Waals surface area contributed by atoms with Gasteiger partial charge in [-0.1, -0.05) is 25.1 Å². The van der Waals surface area contributed by atoms with E-state index in [9.17, 15) is 18.5 Å². The summed E-state index contributed by atoms with van der Waals surface area (Å²) >= 11 is 3.08. The van der Waals surface area contributed by atoms with Gasteiger partial charge in [0.1, 0.15) is 0 Å². The van der Waals surface area contributed by atoms with Crippen LogP contribution < -0.4 is 4.31 Å². The Morgan fingerprint density at radius 3 is 2.62 bits per heavy atom. The molecule has 0 bridgehead atoms. The Balaban J connectivity index is 2.08. The number of nitro benzene ring substituents is 1. The van der Waals surface area contributed by atoms with Gasteiger partial charge in [-0.05, 0) is 52.0 Å². The average molecular weight is 411 g/mol. The molecule has 24 heavy (non-hydrogen) atoms. The largest absolute Gasteiger partial charge is 0.283 e. The van der Waals surface area contributed by atoms with Crippen LogP contribution in [-0.2, 0) is 10.0 Å². The summed E-state index contributed by atoms with van der Waals surface area (Å²) in [4.78, 5) is 10.4. The zero-order chi connectivity index (χ0) is 17.5. The van der Waals surface area contributed by atoms with Crippen molar-refractivity contribution in [3.63, 3.8) is 0 Å². The van der Waals surface area contributed by atoms with Crippen molar-refractivity contribution in [2.24, 2.45) is 0 Å². The molecule has 2 aromatic rings. The van der Waals surface area contributed by atoms with E-state index in [1.807, 2.05) is 18.2 Å². The summed E-state index contributed by atoms with van der Waals surface area (Å²) in [6.45, 7) is 2.46. The maximum Gasteiger partial charge on any atom is 0.283 e. The third kappa shape index (κ3) is 2.80. The van der Waals surface area contributed by atoms with Crippen molar-refractivity contribution in [3.8, 4) is 0 Å². The third-order valence-electron chi connectivity index (χ3n) is 4.21. The molecule has 0 saturated heterocycles. The normalized spacial score (nSPS) is 17.4. The van der Waals surface area contributed by atoms with E-state index in [0.29, 0.717) is 12.2 Å². The van der Waals surface area contributed by atoms with E-state index in [-0.39, 0.29) is 21.0 Å². The average Bonchev–Trinajstić information content (AvgIpc) is 2.54. The Labute approximate surface area is 148 Å². The first kappa shape index (κ1) is 16.9. The summed E-state index contributed by atoms with van der Waals surface area (Å²) in [5, 5.41) is 10.9. The number of anilines is 1. The van der Waals surface area contributed by atoms with Crippen molar-refractivity contribution in [1.82, 2.24) is 0 Å². The molecule has 8 heteroatoms. The van der Waals surface area contributed by atoms with Gasteiger partial charge in [-0.3, -0.25) is 14.4 Å². The second kappa shape index (κ2) is 6.18. The van der Waals surface area contributed by atoms with Crippen LogP contribution in [0, 0.1) is 10.1 Å². The molecular weight excluding hydrogens is 396 g/mol. The second-order valence-corrected chi connectivity index (χ2v) is 8.41. The maximum atomic E-state index is 13.0. The van der Waals surface area contributed by atoms with Crippen molar-refractivity contribution < 1.29 is 13.3 Å². The van der Waals surface area contributed by atoms with Gasteiger partial charge in [-0.2, -0.15) is 0 Å². The van der Waals surface area contributed by atoms with Crippen LogP contribution in [0.5, 0.6) is 0 Å². The molecule has 0 fully saturated rings. The van der Waals surface area contributed by atoms with Crippen LogP contribution in [0.15, 0.2) is 51.8 Å². The molecule has 3 rings (SSSR count). The monoisotopic (exact) mass is 410 g/mol. The summed E-state index contributed by atoms with van der Waals surface area (Å²) < 4.78 is 27.6. The molecule has 1 heterocycles. The highest BCUT2D eigenvalue weighted by molar-refractivity contribution is 9.10. The second-order valence-electron chi connectivity index (χ2n) is 5.70. The number of nitro groups is 1. The Morgan fingerprint density at radius 1 is 1.25 bits per heavy atom. The van der Waals surface area contributed by atoms with Crippen LogP contribution in [0.2, 0.25) is 0 Å². The first-order valence-corrected chi connectivity index (χ1v) is 9.61. The lowest BCUT2D eigenvalue weighted by Crippen LogP contribution is -2.36. The topological polar surface area (TPSA) is 80.5 Å². The van der Waals surface area contributed by atoms with E-state index in [0.717, 1.165) is 12.0 Å². The first-order chi connectivity index (χ1) is 11.3. The Bertz CT molecular complexity index is 914. The van der Waals surface area contributed by atoms with Gasteiger partial charge in [-0.15, -0.1) is 0 Å². The number of hydrogen-bond donors (Lipinski definition) is 0. The van der Waals surface area contributed by atoms with E-state index in [4.69, 9.17) is 0 Å². The number of benzene rings is 2. The fraction of sp³-hybridized carbons (Fsp3) is 0.250. The molecule has 0 aromatic heterocycles. The van der Waals surface area contributed by atoms with Gasteiger partial charge in [0.25, 0.3) is 15.7 Å². The van der Waals surface area contributed by atoms with Crippen LogP contribution in [0.4, 0.5) is 11.4 Å². The van der Waals surface area contributed by atoms with Crippen molar-refractivity contribution >= 4 is 37.3 Å². The van der Waals surface area contributed by atoms with Crippen molar-refractivity contribution in [2.75, 3.05) is 10.8 Å². The van der Waals surface area contributed by atoms with Crippen molar-refractivity contribution in [2.45, 2.75) is 24.2 Å². The number of nitrogens with zero attached hydrogens (tertiary/aromatic N) is 2. The van der Waals surface area contributed by atoms with Gasteiger partial charge in [0.2, 0.25) is 0 Å². The van der Waals surface area contributed by atoms with Crippen LogP contribution >= 0.6 is 15.9 Å². The van der Waals surface area contributed by atoms with E-state index >= 15 is 0 Å². The highest BCUT2D eigenvalue weighted by atomic mass is 79.9. The number of para-hydroxylation sites is 1. The summed E-state index contributed by atoms with van der Waals surface area (Å²) in [6, 6.07) is 11.2. The predicted octanol–water partition coefficient (Wildman–Crippen LogP) is 4.06. The minimum absolute atomic E-state index is 0.0318. The Morgan fingerprint density at radius 2 is 1.96 bits per heavy atom. The molecule has 1 atom stereocenters. The fourth-order valence-corrected chi connectivity index (χ4v) is 5.10. The number of halogens is 1. The van der Waals surface area contributed by atoms with Crippen molar-refractivity contribution in [1.29, 1.82) is 0 Å². The van der Waals surface area contributed by atoms with Gasteiger partial charge in [0.05, 0.1) is 20.0 Å². The lowest BCUT2D eigenvalue weighted by Gasteiger charge is -2.33. The molecule has 126 valence electrons. The first-order valence-electron chi connectivity index (χ1n) is 7.38. The molecule has 2 aromatic carbocycles. The number of hydrogen-bond acceptors (Lipinski definition) is 4. The standard InChI is InChI=1S/C16H15BrN2O4S/c1-11-8-9-18(15-5-3-2-4-13(11)15)24(22,23)12-6-7-16(19(20)21)14(17)10-12/h2-7,10-11H,8-9H2,1H3/t11-/m0/s1. The van der Waals surface area contributed by atoms with E-state index < -0.39 is 14.9 Å². The van der Waals surface area contributed by atoms with Gasteiger partial charge < -0.3 is 0 Å². The molecule has 0 aliphatic carbocycles. The molecule has 1 aliphatic heterocycles. The minimum atomic E-state index is -3.78. The number of rotatable bonds is 3. The zero-order valence-corrected chi connectivity index (χ0v) is 15.2. The summed E-state index contributed by atoms with van der Waals surface area (Å²) in [7, 11) is -3.78. The van der Waals surface area contributed by atoms with E-state index in [1.165, 1.54) is 22.5 Å². The van der Waals surface area contributed by atoms with Crippen LogP contribution in [-0.4, -0.2) is 19.9 Å². The molecule has 1 aliphatic rings. The predicted molar refractivity (Wildman–Crippen MR) is 94.8 cm³/mol. The lowest BCUT2D eigenvalue weighted by molar-refractivity contribution is -0.385. The van der Waals surface area contributed by atoms with Gasteiger partial charge in [0.15, 0.2) is 0 Å². The van der Waals surface area contributed by atoms with Crippen molar-refractivity contribution in [3.05, 3.63) is 62.6 Å². The molecule has 0 amide bonds. The molecular formula is C16H15BrN2O4S. The van der Waals surface area contributed by atoms with Gasteiger partial charge in [0, 0.05) is 12.6 Å². The molecule has 0 saturated carbocycles. The SMILES string of the molecule is C[C@H]1CCN(S(=O)(=O)c2ccc([N+](=O)[O-])c(Br)c2)c2ccccc21. The third-order valence-corrected chi connectivity index (χ3v) is 6.65. The number of fused-ring (bicyclic) bond motifs is 1. The zero-order valence-electron chi connectivity index (χ0n) is 12.8. The lowest BCUT2D eigenvalue weighted by atomic mass is 9.93. The molecule has 0 radical (unpaired) electrons. The summed E-state index contributed by atoms with van der Waals surface area (Å²) in [6.07, 6.45) is 0.727. The Kier molecular flexibility index (Phi) is 4.35. The molecule has 0 spiro atoms. The Hall–Kier alpha value is -1.93. The maximum absolute atomic E-state index is 13.0. The fourth-order valence-electron chi connectivity index (χ4n) is 2.89. The molecule has 6 nitrogen and oxygen atoms in total. The van der Waals surface area contributed by atoms with E-state index in [2.05, 4.69) is 22.9 Å². The highest BCUT2D eigenvalue weighted by Gasteiger charge is 2.32. The van der Waals surface area contributed by atoms with Gasteiger partial charge >= 0.3 is 0 Å². The van der Waals surface area contributed by atoms with Crippen LogP contribution in [0.1, 0.15) is 24.8 Å².